The monoisotopic (exact) mass is 319 g/mol. The normalized spacial score (nSPS) is 12.7. The lowest BCUT2D eigenvalue weighted by Gasteiger charge is -2.16. The largest absolute Gasteiger partial charge is 0.323 e. The molecule has 2 N–H and O–H groups in total. The van der Waals surface area contributed by atoms with Gasteiger partial charge in [-0.2, -0.15) is 0 Å². The van der Waals surface area contributed by atoms with Gasteiger partial charge in [-0.15, -0.1) is 0 Å². The first-order valence-corrected chi connectivity index (χ1v) is 8.68. The summed E-state index contributed by atoms with van der Waals surface area (Å²) in [5.41, 5.74) is 12.1. The molecule has 0 saturated heterocycles. The van der Waals surface area contributed by atoms with Gasteiger partial charge in [0.15, 0.2) is 0 Å². The lowest BCUT2D eigenvalue weighted by molar-refractivity contribution is 0.503. The smallest absolute Gasteiger partial charge is 0.0709 e. The van der Waals surface area contributed by atoms with Crippen molar-refractivity contribution in [3.05, 3.63) is 60.0 Å². The number of hydrogen-bond acceptors (Lipinski definition) is 3. The van der Waals surface area contributed by atoms with E-state index in [0.717, 1.165) is 24.1 Å². The van der Waals surface area contributed by atoms with E-state index in [0.29, 0.717) is 5.92 Å². The minimum absolute atomic E-state index is 0.000394. The zero-order chi connectivity index (χ0) is 17.1. The molecule has 3 heteroatoms. The van der Waals surface area contributed by atoms with Crippen LogP contribution in [0.1, 0.15) is 44.5 Å². The van der Waals surface area contributed by atoms with Gasteiger partial charge in [-0.1, -0.05) is 26.8 Å². The van der Waals surface area contributed by atoms with Gasteiger partial charge in [-0.3, -0.25) is 9.97 Å². The number of nitrogens with two attached hydrogens (primary N) is 1. The van der Waals surface area contributed by atoms with Crippen molar-refractivity contribution in [3.63, 3.8) is 0 Å². The molecule has 124 valence electrons. The summed E-state index contributed by atoms with van der Waals surface area (Å²) in [6.45, 7) is 6.58. The van der Waals surface area contributed by atoms with Crippen LogP contribution in [0.4, 0.5) is 0 Å². The summed E-state index contributed by atoms with van der Waals surface area (Å²) in [7, 11) is 0. The Kier molecular flexibility index (Phi) is 4.91. The van der Waals surface area contributed by atoms with E-state index < -0.39 is 0 Å². The third kappa shape index (κ3) is 3.46. The van der Waals surface area contributed by atoms with Crippen molar-refractivity contribution in [2.75, 3.05) is 0 Å². The average molecular weight is 319 g/mol. The van der Waals surface area contributed by atoms with E-state index in [1.165, 1.54) is 22.1 Å². The van der Waals surface area contributed by atoms with Crippen molar-refractivity contribution >= 4 is 10.9 Å². The zero-order valence-corrected chi connectivity index (χ0v) is 14.7. The van der Waals surface area contributed by atoms with Crippen molar-refractivity contribution in [1.29, 1.82) is 0 Å². The highest BCUT2D eigenvalue weighted by molar-refractivity contribution is 5.87. The van der Waals surface area contributed by atoms with E-state index in [4.69, 9.17) is 10.7 Å². The van der Waals surface area contributed by atoms with E-state index in [-0.39, 0.29) is 6.04 Å². The third-order valence-electron chi connectivity index (χ3n) is 4.41. The van der Waals surface area contributed by atoms with Crippen molar-refractivity contribution < 1.29 is 0 Å². The van der Waals surface area contributed by atoms with Gasteiger partial charge in [0.25, 0.3) is 0 Å². The van der Waals surface area contributed by atoms with E-state index >= 15 is 0 Å². The number of aryl methyl sites for hydroxylation is 1. The fourth-order valence-corrected chi connectivity index (χ4v) is 3.15. The Bertz CT molecular complexity index is 825. The van der Waals surface area contributed by atoms with Crippen LogP contribution < -0.4 is 5.73 Å². The molecule has 0 amide bonds. The molecule has 0 saturated carbocycles. The summed E-state index contributed by atoms with van der Waals surface area (Å²) in [4.78, 5) is 8.93. The lowest BCUT2D eigenvalue weighted by Crippen LogP contribution is -2.15. The standard InChI is InChI=1S/C21H25N3/c1-4-15-13-21(19(22)11-14(2)3)24-20-6-5-17(12-18(15)20)16-7-9-23-10-8-16/h5-10,12-14,19H,4,11,22H2,1-3H3. The minimum atomic E-state index is -0.000394. The number of hydrogen-bond donors (Lipinski definition) is 1. The zero-order valence-electron chi connectivity index (χ0n) is 14.7. The number of rotatable bonds is 5. The van der Waals surface area contributed by atoms with Gasteiger partial charge < -0.3 is 5.73 Å². The SMILES string of the molecule is CCc1cc(C(N)CC(C)C)nc2ccc(-c3ccncc3)cc12. The predicted molar refractivity (Wildman–Crippen MR) is 101 cm³/mol. The van der Waals surface area contributed by atoms with Crippen LogP contribution in [-0.2, 0) is 6.42 Å². The molecule has 24 heavy (non-hydrogen) atoms. The molecule has 0 aliphatic carbocycles. The van der Waals surface area contributed by atoms with E-state index in [2.05, 4.69) is 50.0 Å². The maximum Gasteiger partial charge on any atom is 0.0709 e. The summed E-state index contributed by atoms with van der Waals surface area (Å²) >= 11 is 0. The van der Waals surface area contributed by atoms with Gasteiger partial charge in [-0.05, 0) is 65.8 Å². The highest BCUT2D eigenvalue weighted by Crippen LogP contribution is 2.28. The van der Waals surface area contributed by atoms with E-state index in [1.54, 1.807) is 0 Å². The molecule has 0 spiro atoms. The summed E-state index contributed by atoms with van der Waals surface area (Å²) < 4.78 is 0. The Morgan fingerprint density at radius 1 is 1.00 bits per heavy atom. The molecular formula is C21H25N3. The van der Waals surface area contributed by atoms with Crippen LogP contribution in [0.3, 0.4) is 0 Å². The molecule has 1 atom stereocenters. The second kappa shape index (κ2) is 7.10. The molecule has 3 nitrogen and oxygen atoms in total. The van der Waals surface area contributed by atoms with E-state index in [9.17, 15) is 0 Å². The van der Waals surface area contributed by atoms with Gasteiger partial charge in [0.1, 0.15) is 0 Å². The number of nitrogens with zero attached hydrogens (tertiary/aromatic N) is 2. The first kappa shape index (κ1) is 16.6. The highest BCUT2D eigenvalue weighted by atomic mass is 14.8. The second-order valence-electron chi connectivity index (χ2n) is 6.76. The first-order valence-electron chi connectivity index (χ1n) is 8.68. The van der Waals surface area contributed by atoms with Gasteiger partial charge in [0, 0.05) is 23.8 Å². The Balaban J connectivity index is 2.07. The Morgan fingerprint density at radius 3 is 2.42 bits per heavy atom. The Morgan fingerprint density at radius 2 is 1.75 bits per heavy atom. The van der Waals surface area contributed by atoms with Crippen LogP contribution in [0.5, 0.6) is 0 Å². The minimum Gasteiger partial charge on any atom is -0.323 e. The maximum atomic E-state index is 6.36. The predicted octanol–water partition coefficient (Wildman–Crippen LogP) is 4.91. The van der Waals surface area contributed by atoms with Crippen LogP contribution in [0, 0.1) is 5.92 Å². The average Bonchev–Trinajstić information content (AvgIpc) is 2.60. The molecule has 2 aromatic heterocycles. The van der Waals surface area contributed by atoms with Crippen LogP contribution in [0.15, 0.2) is 48.8 Å². The number of pyridine rings is 2. The number of fused-ring (bicyclic) bond motifs is 1. The van der Waals surface area contributed by atoms with Crippen LogP contribution in [0.2, 0.25) is 0 Å². The Hall–Kier alpha value is -2.26. The maximum absolute atomic E-state index is 6.36. The summed E-state index contributed by atoms with van der Waals surface area (Å²) in [5.74, 6) is 0.566. The fraction of sp³-hybridized carbons (Fsp3) is 0.333. The van der Waals surface area contributed by atoms with Gasteiger partial charge in [0.2, 0.25) is 0 Å². The molecule has 0 fully saturated rings. The molecule has 1 unspecified atom stereocenters. The third-order valence-corrected chi connectivity index (χ3v) is 4.41. The lowest BCUT2D eigenvalue weighted by atomic mass is 9.96. The molecule has 1 aromatic carbocycles. The fourth-order valence-electron chi connectivity index (χ4n) is 3.15. The van der Waals surface area contributed by atoms with Crippen LogP contribution in [-0.4, -0.2) is 9.97 Å². The van der Waals surface area contributed by atoms with Crippen molar-refractivity contribution in [2.24, 2.45) is 11.7 Å². The number of aromatic nitrogens is 2. The van der Waals surface area contributed by atoms with E-state index in [1.807, 2.05) is 24.5 Å². The number of benzene rings is 1. The summed E-state index contributed by atoms with van der Waals surface area (Å²) in [6, 6.07) is 12.7. The van der Waals surface area contributed by atoms with Crippen molar-refractivity contribution in [1.82, 2.24) is 9.97 Å². The molecule has 2 heterocycles. The summed E-state index contributed by atoms with van der Waals surface area (Å²) in [6.07, 6.45) is 5.58. The van der Waals surface area contributed by atoms with Gasteiger partial charge in [-0.25, -0.2) is 0 Å². The molecule has 3 rings (SSSR count). The van der Waals surface area contributed by atoms with Crippen LogP contribution >= 0.6 is 0 Å². The Labute approximate surface area is 144 Å². The second-order valence-corrected chi connectivity index (χ2v) is 6.76. The molecule has 0 aliphatic heterocycles. The molecule has 3 aromatic rings. The summed E-state index contributed by atoms with van der Waals surface area (Å²) in [5, 5.41) is 1.22. The molecule has 0 aliphatic rings. The topological polar surface area (TPSA) is 51.8 Å². The molecule has 0 bridgehead atoms. The van der Waals surface area contributed by atoms with Gasteiger partial charge >= 0.3 is 0 Å². The van der Waals surface area contributed by atoms with Crippen molar-refractivity contribution in [3.8, 4) is 11.1 Å². The first-order chi connectivity index (χ1) is 11.6. The van der Waals surface area contributed by atoms with Crippen molar-refractivity contribution in [2.45, 2.75) is 39.7 Å². The van der Waals surface area contributed by atoms with Crippen LogP contribution in [0.25, 0.3) is 22.0 Å². The van der Waals surface area contributed by atoms with Gasteiger partial charge in [0.05, 0.1) is 11.2 Å². The highest BCUT2D eigenvalue weighted by Gasteiger charge is 2.13. The quantitative estimate of drug-likeness (QED) is 0.727. The molecular weight excluding hydrogens is 294 g/mol. The molecule has 0 radical (unpaired) electrons.